The lowest BCUT2D eigenvalue weighted by atomic mass is 10.1. The number of aliphatic hydroxyl groups is 1. The van der Waals surface area contributed by atoms with E-state index in [9.17, 15) is 9.90 Å². The van der Waals surface area contributed by atoms with Gasteiger partial charge in [-0.1, -0.05) is 37.1 Å². The summed E-state index contributed by atoms with van der Waals surface area (Å²) in [5.41, 5.74) is 2.46. The number of aliphatic hydroxyl groups excluding tert-OH is 1. The highest BCUT2D eigenvalue weighted by atomic mass is 35.5. The van der Waals surface area contributed by atoms with E-state index >= 15 is 0 Å². The van der Waals surface area contributed by atoms with E-state index in [1.54, 1.807) is 24.3 Å². The van der Waals surface area contributed by atoms with E-state index in [2.05, 4.69) is 22.2 Å². The minimum Gasteiger partial charge on any atom is -0.378 e. The first-order valence-corrected chi connectivity index (χ1v) is 9.44. The van der Waals surface area contributed by atoms with Crippen LogP contribution in [0.1, 0.15) is 42.8 Å². The predicted octanol–water partition coefficient (Wildman–Crippen LogP) is 2.50. The van der Waals surface area contributed by atoms with Crippen molar-refractivity contribution in [3.05, 3.63) is 52.3 Å². The Kier molecular flexibility index (Phi) is 6.29. The van der Waals surface area contributed by atoms with E-state index in [4.69, 9.17) is 11.6 Å². The fourth-order valence-corrected chi connectivity index (χ4v) is 3.34. The standard InChI is InChI=1S/C19H25ClN4O2/c1-2-3-7-23-8-9-24-17(13-23)11-16(22-24)12-21-19(26)18(25)14-5-4-6-15(20)10-14/h4-6,10-11,18,25H,2-3,7-9,12-13H2,1H3,(H,21,26)/t18-/m0/s1. The number of aromatic nitrogens is 2. The van der Waals surface area contributed by atoms with Crippen molar-refractivity contribution in [2.75, 3.05) is 13.1 Å². The van der Waals surface area contributed by atoms with Gasteiger partial charge in [0, 0.05) is 18.1 Å². The van der Waals surface area contributed by atoms with Crippen LogP contribution in [0, 0.1) is 0 Å². The predicted molar refractivity (Wildman–Crippen MR) is 101 cm³/mol. The second-order valence-electron chi connectivity index (χ2n) is 6.66. The van der Waals surface area contributed by atoms with Crippen molar-refractivity contribution < 1.29 is 9.90 Å². The lowest BCUT2D eigenvalue weighted by Crippen LogP contribution is -2.34. The van der Waals surface area contributed by atoms with Gasteiger partial charge in [0.2, 0.25) is 0 Å². The third-order valence-corrected chi connectivity index (χ3v) is 4.85. The molecule has 1 atom stereocenters. The van der Waals surface area contributed by atoms with Gasteiger partial charge in [0.25, 0.3) is 5.91 Å². The van der Waals surface area contributed by atoms with Gasteiger partial charge in [0.15, 0.2) is 6.10 Å². The van der Waals surface area contributed by atoms with Crippen LogP contribution >= 0.6 is 11.6 Å². The van der Waals surface area contributed by atoms with E-state index in [1.165, 1.54) is 18.5 Å². The molecule has 0 bridgehead atoms. The van der Waals surface area contributed by atoms with Crippen molar-refractivity contribution in [2.24, 2.45) is 0 Å². The Bertz CT molecular complexity index is 762. The lowest BCUT2D eigenvalue weighted by molar-refractivity contribution is -0.129. The summed E-state index contributed by atoms with van der Waals surface area (Å²) in [5.74, 6) is -0.456. The highest BCUT2D eigenvalue weighted by Gasteiger charge is 2.20. The van der Waals surface area contributed by atoms with Crippen LogP contribution in [0.25, 0.3) is 0 Å². The van der Waals surface area contributed by atoms with Crippen LogP contribution in [0.3, 0.4) is 0 Å². The Morgan fingerprint density at radius 2 is 2.23 bits per heavy atom. The third kappa shape index (κ3) is 4.63. The number of amides is 1. The van der Waals surface area contributed by atoms with Crippen molar-refractivity contribution in [2.45, 2.75) is 45.5 Å². The Morgan fingerprint density at radius 1 is 1.38 bits per heavy atom. The number of carbonyl (C=O) groups excluding carboxylic acids is 1. The smallest absolute Gasteiger partial charge is 0.253 e. The summed E-state index contributed by atoms with van der Waals surface area (Å²) in [6, 6.07) is 8.71. The molecule has 1 aromatic carbocycles. The molecule has 0 unspecified atom stereocenters. The number of halogens is 1. The molecule has 2 aromatic rings. The Morgan fingerprint density at radius 3 is 3.00 bits per heavy atom. The number of nitrogens with zero attached hydrogens (tertiary/aromatic N) is 3. The summed E-state index contributed by atoms with van der Waals surface area (Å²) in [6.45, 7) is 6.38. The van der Waals surface area contributed by atoms with Gasteiger partial charge >= 0.3 is 0 Å². The quantitative estimate of drug-likeness (QED) is 0.779. The van der Waals surface area contributed by atoms with Gasteiger partial charge in [-0.25, -0.2) is 0 Å². The fraction of sp³-hybridized carbons (Fsp3) is 0.474. The zero-order valence-electron chi connectivity index (χ0n) is 15.0. The molecule has 2 heterocycles. The number of carbonyl (C=O) groups is 1. The van der Waals surface area contributed by atoms with Crippen LogP contribution in [0.5, 0.6) is 0 Å². The summed E-state index contributed by atoms with van der Waals surface area (Å²) in [7, 11) is 0. The van der Waals surface area contributed by atoms with E-state index in [0.29, 0.717) is 17.1 Å². The number of fused-ring (bicyclic) bond motifs is 1. The number of nitrogens with one attached hydrogen (secondary N) is 1. The van der Waals surface area contributed by atoms with Gasteiger partial charge < -0.3 is 10.4 Å². The SMILES string of the molecule is CCCCN1CCn2nc(CNC(=O)[C@@H](O)c3cccc(Cl)c3)cc2C1. The van der Waals surface area contributed by atoms with Crippen molar-refractivity contribution in [3.63, 3.8) is 0 Å². The monoisotopic (exact) mass is 376 g/mol. The first kappa shape index (κ1) is 18.9. The zero-order valence-corrected chi connectivity index (χ0v) is 15.7. The molecule has 0 spiro atoms. The third-order valence-electron chi connectivity index (χ3n) is 4.61. The van der Waals surface area contributed by atoms with Gasteiger partial charge in [-0.3, -0.25) is 14.4 Å². The molecule has 1 amide bonds. The van der Waals surface area contributed by atoms with Crippen LogP contribution in [-0.2, 0) is 24.4 Å². The van der Waals surface area contributed by atoms with Crippen molar-refractivity contribution in [1.29, 1.82) is 0 Å². The van der Waals surface area contributed by atoms with Crippen LogP contribution in [0.2, 0.25) is 5.02 Å². The second-order valence-corrected chi connectivity index (χ2v) is 7.09. The first-order chi connectivity index (χ1) is 12.6. The van der Waals surface area contributed by atoms with Crippen molar-refractivity contribution in [1.82, 2.24) is 20.0 Å². The molecule has 26 heavy (non-hydrogen) atoms. The number of benzene rings is 1. The second kappa shape index (κ2) is 8.66. The van der Waals surface area contributed by atoms with E-state index in [1.807, 2.05) is 10.7 Å². The van der Waals surface area contributed by atoms with Gasteiger partial charge in [-0.2, -0.15) is 5.10 Å². The zero-order chi connectivity index (χ0) is 18.5. The van der Waals surface area contributed by atoms with Gasteiger partial charge in [-0.05, 0) is 36.7 Å². The molecule has 6 nitrogen and oxygen atoms in total. The van der Waals surface area contributed by atoms with Crippen molar-refractivity contribution >= 4 is 17.5 Å². The number of hydrogen-bond donors (Lipinski definition) is 2. The van der Waals surface area contributed by atoms with Crippen LogP contribution in [-0.4, -0.2) is 38.8 Å². The van der Waals surface area contributed by atoms with E-state index in [0.717, 1.165) is 31.9 Å². The number of hydrogen-bond acceptors (Lipinski definition) is 4. The average Bonchev–Trinajstić information content (AvgIpc) is 3.06. The summed E-state index contributed by atoms with van der Waals surface area (Å²) in [5, 5.41) is 18.0. The van der Waals surface area contributed by atoms with Gasteiger partial charge in [-0.15, -0.1) is 0 Å². The molecule has 1 aromatic heterocycles. The topological polar surface area (TPSA) is 70.4 Å². The van der Waals surface area contributed by atoms with E-state index < -0.39 is 12.0 Å². The molecule has 0 saturated heterocycles. The lowest BCUT2D eigenvalue weighted by Gasteiger charge is -2.27. The Labute approximate surface area is 158 Å². The maximum atomic E-state index is 12.2. The Hall–Kier alpha value is -1.89. The highest BCUT2D eigenvalue weighted by molar-refractivity contribution is 6.30. The number of unbranched alkanes of at least 4 members (excludes halogenated alkanes) is 1. The maximum absolute atomic E-state index is 12.2. The fourth-order valence-electron chi connectivity index (χ4n) is 3.14. The molecule has 0 aliphatic carbocycles. The molecule has 2 N–H and O–H groups in total. The Balaban J connectivity index is 1.55. The first-order valence-electron chi connectivity index (χ1n) is 9.06. The minimum absolute atomic E-state index is 0.297. The average molecular weight is 377 g/mol. The molecule has 0 fully saturated rings. The molecule has 1 aliphatic rings. The molecule has 0 saturated carbocycles. The minimum atomic E-state index is -1.24. The molecule has 7 heteroatoms. The summed E-state index contributed by atoms with van der Waals surface area (Å²) < 4.78 is 2.01. The summed E-state index contributed by atoms with van der Waals surface area (Å²) in [6.07, 6.45) is 1.16. The molecular weight excluding hydrogens is 352 g/mol. The largest absolute Gasteiger partial charge is 0.378 e. The van der Waals surface area contributed by atoms with Crippen LogP contribution < -0.4 is 5.32 Å². The molecule has 3 rings (SSSR count). The summed E-state index contributed by atoms with van der Waals surface area (Å²) in [4.78, 5) is 14.6. The van der Waals surface area contributed by atoms with E-state index in [-0.39, 0.29) is 0 Å². The van der Waals surface area contributed by atoms with Crippen molar-refractivity contribution in [3.8, 4) is 0 Å². The number of rotatable bonds is 7. The highest BCUT2D eigenvalue weighted by Crippen LogP contribution is 2.18. The maximum Gasteiger partial charge on any atom is 0.253 e. The van der Waals surface area contributed by atoms with Gasteiger partial charge in [0.05, 0.1) is 24.5 Å². The van der Waals surface area contributed by atoms with Crippen LogP contribution in [0.15, 0.2) is 30.3 Å². The molecule has 0 radical (unpaired) electrons. The van der Waals surface area contributed by atoms with Crippen LogP contribution in [0.4, 0.5) is 0 Å². The molecular formula is C19H25ClN4O2. The van der Waals surface area contributed by atoms with Gasteiger partial charge in [0.1, 0.15) is 0 Å². The normalized spacial score (nSPS) is 15.5. The molecule has 140 valence electrons. The molecule has 1 aliphatic heterocycles. The summed E-state index contributed by atoms with van der Waals surface area (Å²) >= 11 is 5.91.